The molecule has 1 fully saturated rings. The first-order valence-electron chi connectivity index (χ1n) is 11.3. The van der Waals surface area contributed by atoms with E-state index in [0.29, 0.717) is 42.8 Å². The largest absolute Gasteiger partial charge is 0.416 e. The third kappa shape index (κ3) is 6.43. The van der Waals surface area contributed by atoms with E-state index in [0.717, 1.165) is 30.5 Å². The maximum absolute atomic E-state index is 12.9. The Hall–Kier alpha value is -3.76. The van der Waals surface area contributed by atoms with Gasteiger partial charge in [-0.1, -0.05) is 12.1 Å². The fraction of sp³-hybridized carbons (Fsp3) is 0.375. The second kappa shape index (κ2) is 10.7. The summed E-state index contributed by atoms with van der Waals surface area (Å²) in [5, 5.41) is 5.71. The Balaban J connectivity index is 1.31. The Morgan fingerprint density at radius 3 is 2.60 bits per heavy atom. The van der Waals surface area contributed by atoms with Crippen molar-refractivity contribution in [2.24, 2.45) is 5.92 Å². The van der Waals surface area contributed by atoms with Crippen LogP contribution < -0.4 is 15.5 Å². The molecule has 0 atom stereocenters. The normalized spacial score (nSPS) is 14.6. The lowest BCUT2D eigenvalue weighted by Crippen LogP contribution is -2.37. The Kier molecular flexibility index (Phi) is 7.42. The molecule has 3 heterocycles. The average Bonchev–Trinajstić information content (AvgIpc) is 2.88. The van der Waals surface area contributed by atoms with Crippen LogP contribution in [0.1, 0.15) is 30.4 Å². The zero-order chi connectivity index (χ0) is 24.8. The smallest absolute Gasteiger partial charge is 0.357 e. The molecule has 0 unspecified atom stereocenters. The third-order valence-electron chi connectivity index (χ3n) is 5.88. The summed E-state index contributed by atoms with van der Waals surface area (Å²) in [6.07, 6.45) is 0.861. The predicted molar refractivity (Wildman–Crippen MR) is 125 cm³/mol. The molecule has 3 aromatic rings. The van der Waals surface area contributed by atoms with Gasteiger partial charge >= 0.3 is 6.18 Å². The van der Waals surface area contributed by atoms with Crippen molar-refractivity contribution in [3.05, 3.63) is 59.9 Å². The SMILES string of the molecule is CNc1nc(-c2cccnc2)nc(N2CCC(CC(=O)NCc3cccc(C(F)(F)F)c3)CC2)n1. The van der Waals surface area contributed by atoms with Crippen LogP contribution in [0.2, 0.25) is 0 Å². The van der Waals surface area contributed by atoms with Crippen LogP contribution in [-0.4, -0.2) is 46.0 Å². The Morgan fingerprint density at radius 2 is 1.91 bits per heavy atom. The predicted octanol–water partition coefficient (Wildman–Crippen LogP) is 3.92. The molecule has 4 rings (SSSR count). The highest BCUT2D eigenvalue weighted by Crippen LogP contribution is 2.29. The van der Waals surface area contributed by atoms with E-state index in [4.69, 9.17) is 0 Å². The number of anilines is 2. The average molecular weight is 486 g/mol. The van der Waals surface area contributed by atoms with Crippen LogP contribution >= 0.6 is 0 Å². The van der Waals surface area contributed by atoms with Crippen LogP contribution in [0.5, 0.6) is 0 Å². The molecule has 0 radical (unpaired) electrons. The first-order valence-corrected chi connectivity index (χ1v) is 11.3. The summed E-state index contributed by atoms with van der Waals surface area (Å²) in [5.74, 6) is 1.57. The highest BCUT2D eigenvalue weighted by atomic mass is 19.4. The van der Waals surface area contributed by atoms with Gasteiger partial charge in [0.2, 0.25) is 17.8 Å². The number of amides is 1. The van der Waals surface area contributed by atoms with Gasteiger partial charge in [-0.25, -0.2) is 0 Å². The molecule has 8 nitrogen and oxygen atoms in total. The van der Waals surface area contributed by atoms with Crippen LogP contribution in [0.4, 0.5) is 25.1 Å². The van der Waals surface area contributed by atoms with E-state index in [1.165, 1.54) is 6.07 Å². The minimum Gasteiger partial charge on any atom is -0.357 e. The number of carbonyl (C=O) groups excluding carboxylic acids is 1. The van der Waals surface area contributed by atoms with Crippen molar-refractivity contribution in [3.8, 4) is 11.4 Å². The van der Waals surface area contributed by atoms with Gasteiger partial charge in [0.15, 0.2) is 5.82 Å². The molecule has 35 heavy (non-hydrogen) atoms. The molecule has 1 amide bonds. The molecule has 2 aromatic heterocycles. The van der Waals surface area contributed by atoms with Gasteiger partial charge in [-0.05, 0) is 48.6 Å². The van der Waals surface area contributed by atoms with Gasteiger partial charge in [0, 0.05) is 51.1 Å². The van der Waals surface area contributed by atoms with Gasteiger partial charge in [0.1, 0.15) is 0 Å². The van der Waals surface area contributed by atoms with Gasteiger partial charge in [0.25, 0.3) is 0 Å². The minimum atomic E-state index is -4.40. The van der Waals surface area contributed by atoms with E-state index < -0.39 is 11.7 Å². The van der Waals surface area contributed by atoms with E-state index in [2.05, 4.69) is 35.5 Å². The van der Waals surface area contributed by atoms with E-state index in [1.54, 1.807) is 25.5 Å². The second-order valence-corrected chi connectivity index (χ2v) is 8.38. The van der Waals surface area contributed by atoms with E-state index in [-0.39, 0.29) is 18.4 Å². The van der Waals surface area contributed by atoms with Crippen molar-refractivity contribution in [1.82, 2.24) is 25.3 Å². The number of piperidine rings is 1. The quantitative estimate of drug-likeness (QED) is 0.524. The summed E-state index contributed by atoms with van der Waals surface area (Å²) in [6.45, 7) is 1.44. The number of carbonyl (C=O) groups is 1. The van der Waals surface area contributed by atoms with Crippen molar-refractivity contribution in [3.63, 3.8) is 0 Å². The van der Waals surface area contributed by atoms with Crippen LogP contribution in [-0.2, 0) is 17.5 Å². The molecule has 0 saturated carbocycles. The number of nitrogens with one attached hydrogen (secondary N) is 2. The fourth-order valence-corrected chi connectivity index (χ4v) is 3.97. The molecule has 0 bridgehead atoms. The van der Waals surface area contributed by atoms with Crippen LogP contribution in [0.15, 0.2) is 48.8 Å². The first-order chi connectivity index (χ1) is 16.8. The van der Waals surface area contributed by atoms with Crippen molar-refractivity contribution < 1.29 is 18.0 Å². The van der Waals surface area contributed by atoms with Crippen molar-refractivity contribution in [2.45, 2.75) is 32.0 Å². The number of pyridine rings is 1. The molecule has 1 aliphatic heterocycles. The molecule has 0 aliphatic carbocycles. The zero-order valence-electron chi connectivity index (χ0n) is 19.2. The van der Waals surface area contributed by atoms with Crippen molar-refractivity contribution in [1.29, 1.82) is 0 Å². The summed E-state index contributed by atoms with van der Waals surface area (Å²) in [4.78, 5) is 32.1. The topological polar surface area (TPSA) is 95.9 Å². The summed E-state index contributed by atoms with van der Waals surface area (Å²) in [6, 6.07) is 8.71. The van der Waals surface area contributed by atoms with Gasteiger partial charge in [-0.15, -0.1) is 0 Å². The number of hydrogen-bond donors (Lipinski definition) is 2. The number of halogens is 3. The number of aromatic nitrogens is 4. The number of nitrogens with zero attached hydrogens (tertiary/aromatic N) is 5. The van der Waals surface area contributed by atoms with Gasteiger partial charge in [0.05, 0.1) is 5.56 Å². The summed E-state index contributed by atoms with van der Waals surface area (Å²) >= 11 is 0. The number of benzene rings is 1. The second-order valence-electron chi connectivity index (χ2n) is 8.38. The maximum atomic E-state index is 12.9. The zero-order valence-corrected chi connectivity index (χ0v) is 19.2. The lowest BCUT2D eigenvalue weighted by Gasteiger charge is -2.32. The Morgan fingerprint density at radius 1 is 1.11 bits per heavy atom. The van der Waals surface area contributed by atoms with E-state index >= 15 is 0 Å². The molecule has 11 heteroatoms. The van der Waals surface area contributed by atoms with E-state index in [9.17, 15) is 18.0 Å². The summed E-state index contributed by atoms with van der Waals surface area (Å²) in [7, 11) is 1.75. The third-order valence-corrected chi connectivity index (χ3v) is 5.88. The number of alkyl halides is 3. The highest BCUT2D eigenvalue weighted by molar-refractivity contribution is 5.76. The summed E-state index contributed by atoms with van der Waals surface area (Å²) < 4.78 is 38.6. The number of hydrogen-bond acceptors (Lipinski definition) is 7. The van der Waals surface area contributed by atoms with Gasteiger partial charge < -0.3 is 15.5 Å². The van der Waals surface area contributed by atoms with Gasteiger partial charge in [-0.3, -0.25) is 9.78 Å². The fourth-order valence-electron chi connectivity index (χ4n) is 3.97. The lowest BCUT2D eigenvalue weighted by atomic mass is 9.93. The Labute approximate surface area is 201 Å². The molecular formula is C24H26F3N7O. The molecular weight excluding hydrogens is 459 g/mol. The first kappa shape index (κ1) is 24.4. The number of rotatable bonds is 7. The summed E-state index contributed by atoms with van der Waals surface area (Å²) in [5.41, 5.74) is 0.491. The van der Waals surface area contributed by atoms with E-state index in [1.807, 2.05) is 12.1 Å². The Bertz CT molecular complexity index is 1150. The van der Waals surface area contributed by atoms with Crippen LogP contribution in [0.25, 0.3) is 11.4 Å². The highest BCUT2D eigenvalue weighted by Gasteiger charge is 2.30. The molecule has 1 aliphatic rings. The van der Waals surface area contributed by atoms with Crippen molar-refractivity contribution in [2.75, 3.05) is 30.4 Å². The van der Waals surface area contributed by atoms with Crippen LogP contribution in [0, 0.1) is 5.92 Å². The van der Waals surface area contributed by atoms with Gasteiger partial charge in [-0.2, -0.15) is 28.1 Å². The minimum absolute atomic E-state index is 0.0658. The standard InChI is InChI=1S/C24H26F3N7O/c1-28-22-31-21(18-5-3-9-29-15-18)32-23(33-22)34-10-7-16(8-11-34)13-20(35)30-14-17-4-2-6-19(12-17)24(25,26)27/h2-6,9,12,15-16H,7-8,10-11,13-14H2,1H3,(H,30,35)(H,28,31,32,33). The molecule has 1 saturated heterocycles. The lowest BCUT2D eigenvalue weighted by molar-refractivity contribution is -0.137. The van der Waals surface area contributed by atoms with Crippen LogP contribution in [0.3, 0.4) is 0 Å². The monoisotopic (exact) mass is 485 g/mol. The maximum Gasteiger partial charge on any atom is 0.416 e. The molecule has 1 aromatic carbocycles. The molecule has 0 spiro atoms. The van der Waals surface area contributed by atoms with Crippen molar-refractivity contribution >= 4 is 17.8 Å². The molecule has 2 N–H and O–H groups in total. The molecule has 184 valence electrons.